The molecule has 1 aliphatic rings. The van der Waals surface area contributed by atoms with Gasteiger partial charge in [0.1, 0.15) is 5.75 Å². The van der Waals surface area contributed by atoms with Gasteiger partial charge in [-0.3, -0.25) is 4.79 Å². The van der Waals surface area contributed by atoms with Gasteiger partial charge in [0.25, 0.3) is 5.91 Å². The molecule has 2 atom stereocenters. The number of ether oxygens (including phenoxy) is 1. The van der Waals surface area contributed by atoms with E-state index in [0.29, 0.717) is 12.2 Å². The normalized spacial score (nSPS) is 19.5. The van der Waals surface area contributed by atoms with Crippen LogP contribution in [0.4, 0.5) is 0 Å². The third-order valence-corrected chi connectivity index (χ3v) is 4.96. The number of carbonyl (C=O) groups excluding carboxylic acids is 1. The molecular formula is C20H20N4O2. The van der Waals surface area contributed by atoms with Gasteiger partial charge in [-0.2, -0.15) is 15.4 Å². The van der Waals surface area contributed by atoms with Gasteiger partial charge in [0, 0.05) is 12.5 Å². The fourth-order valence-electron chi connectivity index (χ4n) is 3.76. The molecule has 3 aromatic rings. The van der Waals surface area contributed by atoms with Gasteiger partial charge in [-0.25, -0.2) is 0 Å². The largest absolute Gasteiger partial charge is 0.497 e. The van der Waals surface area contributed by atoms with E-state index in [9.17, 15) is 4.79 Å². The number of rotatable bonds is 4. The quantitative estimate of drug-likeness (QED) is 0.786. The monoisotopic (exact) mass is 348 g/mol. The number of likely N-dealkylation sites (tertiary alicyclic amines) is 1. The molecule has 0 unspecified atom stereocenters. The molecule has 6 nitrogen and oxygen atoms in total. The van der Waals surface area contributed by atoms with E-state index in [2.05, 4.69) is 33.6 Å². The average molecular weight is 348 g/mol. The van der Waals surface area contributed by atoms with E-state index in [1.165, 1.54) is 11.8 Å². The molecular weight excluding hydrogens is 328 g/mol. The van der Waals surface area contributed by atoms with E-state index in [4.69, 9.17) is 4.74 Å². The number of amides is 1. The minimum absolute atomic E-state index is 0.0725. The third kappa shape index (κ3) is 2.94. The topological polar surface area (TPSA) is 71.1 Å². The van der Waals surface area contributed by atoms with E-state index in [-0.39, 0.29) is 17.9 Å². The maximum absolute atomic E-state index is 13.0. The van der Waals surface area contributed by atoms with Crippen LogP contribution in [0.15, 0.2) is 60.8 Å². The number of aromatic nitrogens is 3. The lowest BCUT2D eigenvalue weighted by molar-refractivity contribution is 0.0723. The first-order chi connectivity index (χ1) is 12.8. The molecule has 1 fully saturated rings. The summed E-state index contributed by atoms with van der Waals surface area (Å²) in [4.78, 5) is 14.9. The average Bonchev–Trinajstić information content (AvgIpc) is 3.38. The molecule has 132 valence electrons. The second-order valence-corrected chi connectivity index (χ2v) is 6.38. The molecule has 6 heteroatoms. The zero-order chi connectivity index (χ0) is 17.9. The first-order valence-corrected chi connectivity index (χ1v) is 8.63. The van der Waals surface area contributed by atoms with E-state index in [1.54, 1.807) is 7.11 Å². The van der Waals surface area contributed by atoms with E-state index in [1.807, 2.05) is 41.3 Å². The van der Waals surface area contributed by atoms with Crippen molar-refractivity contribution in [3.05, 3.63) is 77.6 Å². The van der Waals surface area contributed by atoms with Gasteiger partial charge >= 0.3 is 0 Å². The maximum atomic E-state index is 13.0. The predicted octanol–water partition coefficient (Wildman–Crippen LogP) is 3.18. The fourth-order valence-corrected chi connectivity index (χ4v) is 3.76. The van der Waals surface area contributed by atoms with Gasteiger partial charge in [0.05, 0.1) is 19.3 Å². The van der Waals surface area contributed by atoms with Crippen molar-refractivity contribution in [2.24, 2.45) is 0 Å². The second kappa shape index (κ2) is 7.00. The lowest BCUT2D eigenvalue weighted by atomic mass is 9.87. The molecule has 1 N–H and O–H groups in total. The van der Waals surface area contributed by atoms with Crippen LogP contribution < -0.4 is 4.74 Å². The number of hydrogen-bond donors (Lipinski definition) is 1. The Bertz CT molecular complexity index is 880. The number of aromatic amines is 1. The minimum Gasteiger partial charge on any atom is -0.497 e. The summed E-state index contributed by atoms with van der Waals surface area (Å²) < 4.78 is 5.39. The highest BCUT2D eigenvalue weighted by molar-refractivity contribution is 5.92. The first kappa shape index (κ1) is 16.3. The van der Waals surface area contributed by atoms with Crippen molar-refractivity contribution >= 4 is 5.91 Å². The summed E-state index contributed by atoms with van der Waals surface area (Å²) in [5.41, 5.74) is 2.63. The molecule has 0 saturated carbocycles. The van der Waals surface area contributed by atoms with Crippen LogP contribution >= 0.6 is 0 Å². The van der Waals surface area contributed by atoms with Gasteiger partial charge in [0.15, 0.2) is 5.69 Å². The molecule has 26 heavy (non-hydrogen) atoms. The third-order valence-electron chi connectivity index (χ3n) is 4.96. The van der Waals surface area contributed by atoms with Crippen molar-refractivity contribution in [2.45, 2.75) is 18.4 Å². The lowest BCUT2D eigenvalue weighted by Crippen LogP contribution is -2.32. The zero-order valence-corrected chi connectivity index (χ0v) is 14.5. The van der Waals surface area contributed by atoms with Crippen molar-refractivity contribution in [1.82, 2.24) is 20.3 Å². The highest BCUT2D eigenvalue weighted by Crippen LogP contribution is 2.44. The molecule has 1 aliphatic heterocycles. The molecule has 2 aromatic carbocycles. The van der Waals surface area contributed by atoms with Crippen LogP contribution in [0.25, 0.3) is 0 Å². The van der Waals surface area contributed by atoms with Crippen molar-refractivity contribution in [1.29, 1.82) is 0 Å². The summed E-state index contributed by atoms with van der Waals surface area (Å²) in [6.45, 7) is 0.674. The zero-order valence-electron chi connectivity index (χ0n) is 14.5. The molecule has 1 saturated heterocycles. The Balaban J connectivity index is 1.75. The Labute approximate surface area is 151 Å². The number of hydrogen-bond acceptors (Lipinski definition) is 4. The van der Waals surface area contributed by atoms with Crippen molar-refractivity contribution in [3.8, 4) is 5.75 Å². The summed E-state index contributed by atoms with van der Waals surface area (Å²) in [6.07, 6.45) is 2.37. The number of carbonyl (C=O) groups is 1. The molecule has 0 aliphatic carbocycles. The van der Waals surface area contributed by atoms with Gasteiger partial charge in [-0.1, -0.05) is 42.5 Å². The Morgan fingerprint density at radius 2 is 1.96 bits per heavy atom. The Morgan fingerprint density at radius 3 is 2.69 bits per heavy atom. The standard InChI is InChI=1S/C20H20N4O2/c1-26-16-9-5-8-15(12-16)19-17(14-6-3-2-4-7-14)10-11-24(19)20(25)18-13-21-23-22-18/h2-9,12-13,17,19H,10-11H2,1H3,(H,21,22,23)/t17-,19-/m1/s1. The number of benzene rings is 2. The molecule has 0 bridgehead atoms. The number of nitrogens with one attached hydrogen (secondary N) is 1. The Kier molecular flexibility index (Phi) is 4.39. The maximum Gasteiger partial charge on any atom is 0.276 e. The number of nitrogens with zero attached hydrogens (tertiary/aromatic N) is 3. The van der Waals surface area contributed by atoms with Gasteiger partial charge in [-0.15, -0.1) is 0 Å². The molecule has 4 rings (SSSR count). The van der Waals surface area contributed by atoms with Crippen LogP contribution in [-0.4, -0.2) is 39.9 Å². The number of methoxy groups -OCH3 is 1. The molecule has 0 radical (unpaired) electrons. The summed E-state index contributed by atoms with van der Waals surface area (Å²) in [7, 11) is 1.65. The highest BCUT2D eigenvalue weighted by atomic mass is 16.5. The van der Waals surface area contributed by atoms with E-state index in [0.717, 1.165) is 17.7 Å². The molecule has 0 spiro atoms. The highest BCUT2D eigenvalue weighted by Gasteiger charge is 2.39. The Morgan fingerprint density at radius 1 is 1.15 bits per heavy atom. The molecule has 1 aromatic heterocycles. The van der Waals surface area contributed by atoms with Crippen LogP contribution in [-0.2, 0) is 0 Å². The number of H-pyrrole nitrogens is 1. The van der Waals surface area contributed by atoms with Crippen LogP contribution in [0, 0.1) is 0 Å². The van der Waals surface area contributed by atoms with Crippen LogP contribution in [0.5, 0.6) is 5.75 Å². The summed E-state index contributed by atoms with van der Waals surface area (Å²) in [6, 6.07) is 18.2. The van der Waals surface area contributed by atoms with E-state index < -0.39 is 0 Å². The smallest absolute Gasteiger partial charge is 0.276 e. The first-order valence-electron chi connectivity index (χ1n) is 8.63. The SMILES string of the molecule is COc1cccc([C@@H]2[C@@H](c3ccccc3)CCN2C(=O)c2cn[nH]n2)c1. The van der Waals surface area contributed by atoms with Crippen molar-refractivity contribution < 1.29 is 9.53 Å². The predicted molar refractivity (Wildman–Crippen MR) is 97.0 cm³/mol. The summed E-state index contributed by atoms with van der Waals surface area (Å²) in [5, 5.41) is 10.3. The van der Waals surface area contributed by atoms with Gasteiger partial charge in [0.2, 0.25) is 0 Å². The Hall–Kier alpha value is -3.15. The van der Waals surface area contributed by atoms with Crippen LogP contribution in [0.1, 0.15) is 40.0 Å². The van der Waals surface area contributed by atoms with Crippen LogP contribution in [0.2, 0.25) is 0 Å². The van der Waals surface area contributed by atoms with Gasteiger partial charge in [-0.05, 0) is 29.7 Å². The van der Waals surface area contributed by atoms with Gasteiger partial charge < -0.3 is 9.64 Å². The summed E-state index contributed by atoms with van der Waals surface area (Å²) in [5.74, 6) is 0.902. The van der Waals surface area contributed by atoms with Crippen molar-refractivity contribution in [3.63, 3.8) is 0 Å². The summed E-state index contributed by atoms with van der Waals surface area (Å²) >= 11 is 0. The van der Waals surface area contributed by atoms with Crippen LogP contribution in [0.3, 0.4) is 0 Å². The molecule has 1 amide bonds. The fraction of sp³-hybridized carbons (Fsp3) is 0.250. The lowest BCUT2D eigenvalue weighted by Gasteiger charge is -2.28. The van der Waals surface area contributed by atoms with Crippen molar-refractivity contribution in [2.75, 3.05) is 13.7 Å². The van der Waals surface area contributed by atoms with E-state index >= 15 is 0 Å². The minimum atomic E-state index is -0.106. The second-order valence-electron chi connectivity index (χ2n) is 6.38. The molecule has 2 heterocycles.